The van der Waals surface area contributed by atoms with E-state index in [1.165, 1.54) is 14.4 Å². The van der Waals surface area contributed by atoms with Gasteiger partial charge in [0.2, 0.25) is 0 Å². The molecule has 20 heavy (non-hydrogen) atoms. The lowest BCUT2D eigenvalue weighted by Gasteiger charge is -2.14. The second-order valence-electron chi connectivity index (χ2n) is 5.20. The molecule has 0 saturated heterocycles. The monoisotopic (exact) mass is 373 g/mol. The highest BCUT2D eigenvalue weighted by Gasteiger charge is 2.07. The molecule has 1 N–H and O–H groups in total. The molecule has 0 unspecified atom stereocenters. The lowest BCUT2D eigenvalue weighted by molar-refractivity contribution is 0.316. The van der Waals surface area contributed by atoms with Crippen LogP contribution in [0, 0.1) is 0 Å². The van der Waals surface area contributed by atoms with Crippen molar-refractivity contribution in [2.24, 2.45) is 0 Å². The van der Waals surface area contributed by atoms with Crippen LogP contribution in [0.4, 0.5) is 0 Å². The maximum Gasteiger partial charge on any atom is 0.107 e. The van der Waals surface area contributed by atoms with E-state index in [9.17, 15) is 0 Å². The predicted octanol–water partition coefficient (Wildman–Crippen LogP) is 4.10. The Balaban J connectivity index is 1.83. The number of thiazole rings is 1. The fourth-order valence-corrected chi connectivity index (χ4v) is 3.80. The van der Waals surface area contributed by atoms with Gasteiger partial charge in [-0.25, -0.2) is 4.98 Å². The second-order valence-corrected chi connectivity index (χ2v) is 8.43. The van der Waals surface area contributed by atoms with Crippen molar-refractivity contribution in [2.45, 2.75) is 39.5 Å². The van der Waals surface area contributed by atoms with Crippen molar-refractivity contribution in [1.29, 1.82) is 0 Å². The summed E-state index contributed by atoms with van der Waals surface area (Å²) in [5.74, 6) is 0. The van der Waals surface area contributed by atoms with Gasteiger partial charge in [0.25, 0.3) is 0 Å². The molecule has 0 bridgehead atoms. The van der Waals surface area contributed by atoms with Gasteiger partial charge < -0.3 is 5.32 Å². The summed E-state index contributed by atoms with van der Waals surface area (Å²) in [5, 5.41) is 8.93. The first-order valence-electron chi connectivity index (χ1n) is 6.61. The average Bonchev–Trinajstić information content (AvgIpc) is 2.96. The SMILES string of the molecule is CC(C)NCc1nc(CN(C)Cc2csc(Br)c2)cs1. The summed E-state index contributed by atoms with van der Waals surface area (Å²) in [6.45, 7) is 7.02. The number of halogens is 1. The van der Waals surface area contributed by atoms with Crippen LogP contribution in [0.1, 0.15) is 30.1 Å². The molecule has 3 nitrogen and oxygen atoms in total. The third kappa shape index (κ3) is 5.26. The normalized spacial score (nSPS) is 11.7. The van der Waals surface area contributed by atoms with E-state index in [4.69, 9.17) is 0 Å². The quantitative estimate of drug-likeness (QED) is 0.791. The summed E-state index contributed by atoms with van der Waals surface area (Å²) in [6.07, 6.45) is 0. The van der Waals surface area contributed by atoms with E-state index in [1.54, 1.807) is 22.7 Å². The third-order valence-electron chi connectivity index (χ3n) is 2.77. The summed E-state index contributed by atoms with van der Waals surface area (Å²) in [4.78, 5) is 6.97. The fourth-order valence-electron chi connectivity index (χ4n) is 1.87. The third-order valence-corrected chi connectivity index (χ3v) is 5.22. The summed E-state index contributed by atoms with van der Waals surface area (Å²) < 4.78 is 1.19. The minimum atomic E-state index is 0.502. The Morgan fingerprint density at radius 2 is 2.10 bits per heavy atom. The maximum absolute atomic E-state index is 4.68. The number of nitrogens with zero attached hydrogens (tertiary/aromatic N) is 2. The van der Waals surface area contributed by atoms with Crippen LogP contribution in [0.25, 0.3) is 0 Å². The number of rotatable bonds is 7. The van der Waals surface area contributed by atoms with E-state index in [2.05, 4.69) is 68.9 Å². The topological polar surface area (TPSA) is 28.2 Å². The van der Waals surface area contributed by atoms with Crippen LogP contribution >= 0.6 is 38.6 Å². The number of nitrogens with one attached hydrogen (secondary N) is 1. The zero-order chi connectivity index (χ0) is 14.5. The molecule has 0 aliphatic rings. The maximum atomic E-state index is 4.68. The molecule has 2 aromatic heterocycles. The standard InChI is InChI=1S/C14H20BrN3S2/c1-10(2)16-5-14-17-12(9-20-14)7-18(3)6-11-4-13(15)19-8-11/h4,8-10,16H,5-7H2,1-3H3. The van der Waals surface area contributed by atoms with Crippen molar-refractivity contribution >= 4 is 38.6 Å². The van der Waals surface area contributed by atoms with Crippen LogP contribution in [0.5, 0.6) is 0 Å². The van der Waals surface area contributed by atoms with Gasteiger partial charge in [0, 0.05) is 31.1 Å². The van der Waals surface area contributed by atoms with E-state index in [0.29, 0.717) is 6.04 Å². The van der Waals surface area contributed by atoms with Gasteiger partial charge in [0.15, 0.2) is 0 Å². The van der Waals surface area contributed by atoms with Gasteiger partial charge in [-0.15, -0.1) is 22.7 Å². The highest BCUT2D eigenvalue weighted by molar-refractivity contribution is 9.11. The van der Waals surface area contributed by atoms with Crippen molar-refractivity contribution in [3.05, 3.63) is 36.9 Å². The molecule has 110 valence electrons. The minimum Gasteiger partial charge on any atom is -0.308 e. The average molecular weight is 374 g/mol. The Bertz CT molecular complexity index is 536. The van der Waals surface area contributed by atoms with E-state index in [1.807, 2.05) is 0 Å². The molecule has 0 aromatic carbocycles. The van der Waals surface area contributed by atoms with E-state index in [0.717, 1.165) is 25.3 Å². The molecule has 0 radical (unpaired) electrons. The Kier molecular flexibility index (Phi) is 6.17. The van der Waals surface area contributed by atoms with Crippen LogP contribution < -0.4 is 5.32 Å². The molecule has 0 aliphatic carbocycles. The number of hydrogen-bond acceptors (Lipinski definition) is 5. The molecular formula is C14H20BrN3S2. The van der Waals surface area contributed by atoms with Crippen molar-refractivity contribution < 1.29 is 0 Å². The molecule has 2 rings (SSSR count). The first kappa shape index (κ1) is 16.1. The molecule has 6 heteroatoms. The van der Waals surface area contributed by atoms with Gasteiger partial charge in [-0.05, 0) is 40.0 Å². The van der Waals surface area contributed by atoms with E-state index < -0.39 is 0 Å². The van der Waals surface area contributed by atoms with E-state index in [-0.39, 0.29) is 0 Å². The number of thiophene rings is 1. The molecule has 0 amide bonds. The van der Waals surface area contributed by atoms with E-state index >= 15 is 0 Å². The first-order valence-corrected chi connectivity index (χ1v) is 9.16. The Morgan fingerprint density at radius 3 is 2.75 bits per heavy atom. The lowest BCUT2D eigenvalue weighted by atomic mass is 10.3. The van der Waals surface area contributed by atoms with Gasteiger partial charge in [0.05, 0.1) is 9.48 Å². The van der Waals surface area contributed by atoms with Crippen molar-refractivity contribution in [1.82, 2.24) is 15.2 Å². The molecule has 0 aliphatic heterocycles. The molecule has 2 aromatic rings. The van der Waals surface area contributed by atoms with Gasteiger partial charge in [-0.3, -0.25) is 4.90 Å². The minimum absolute atomic E-state index is 0.502. The predicted molar refractivity (Wildman–Crippen MR) is 91.3 cm³/mol. The molecular weight excluding hydrogens is 354 g/mol. The smallest absolute Gasteiger partial charge is 0.107 e. The highest BCUT2D eigenvalue weighted by atomic mass is 79.9. The van der Waals surface area contributed by atoms with Crippen LogP contribution in [0.2, 0.25) is 0 Å². The van der Waals surface area contributed by atoms with Crippen LogP contribution in [0.15, 0.2) is 20.6 Å². The van der Waals surface area contributed by atoms with Crippen molar-refractivity contribution in [3.8, 4) is 0 Å². The Hall–Kier alpha value is -0.270. The van der Waals surface area contributed by atoms with Gasteiger partial charge >= 0.3 is 0 Å². The molecule has 0 saturated carbocycles. The van der Waals surface area contributed by atoms with Crippen LogP contribution in [0.3, 0.4) is 0 Å². The number of aromatic nitrogens is 1. The zero-order valence-corrected chi connectivity index (χ0v) is 15.2. The molecule has 0 atom stereocenters. The summed E-state index contributed by atoms with van der Waals surface area (Å²) >= 11 is 6.98. The largest absolute Gasteiger partial charge is 0.308 e. The number of hydrogen-bond donors (Lipinski definition) is 1. The molecule has 0 fully saturated rings. The van der Waals surface area contributed by atoms with Gasteiger partial charge in [-0.2, -0.15) is 0 Å². The van der Waals surface area contributed by atoms with Crippen LogP contribution in [-0.2, 0) is 19.6 Å². The summed E-state index contributed by atoms with van der Waals surface area (Å²) in [6, 6.07) is 2.68. The highest BCUT2D eigenvalue weighted by Crippen LogP contribution is 2.22. The molecule has 0 spiro atoms. The van der Waals surface area contributed by atoms with Gasteiger partial charge in [0.1, 0.15) is 5.01 Å². The van der Waals surface area contributed by atoms with Crippen molar-refractivity contribution in [2.75, 3.05) is 7.05 Å². The van der Waals surface area contributed by atoms with Gasteiger partial charge in [-0.1, -0.05) is 13.8 Å². The summed E-state index contributed by atoms with van der Waals surface area (Å²) in [5.41, 5.74) is 2.51. The lowest BCUT2D eigenvalue weighted by Crippen LogP contribution is -2.22. The molecule has 2 heterocycles. The fraction of sp³-hybridized carbons (Fsp3) is 0.500. The first-order chi connectivity index (χ1) is 9.52. The van der Waals surface area contributed by atoms with Crippen molar-refractivity contribution in [3.63, 3.8) is 0 Å². The van der Waals surface area contributed by atoms with Crippen LogP contribution in [-0.4, -0.2) is 23.0 Å². The Labute approximate surface area is 137 Å². The Morgan fingerprint density at radius 1 is 1.30 bits per heavy atom. The zero-order valence-electron chi connectivity index (χ0n) is 12.0. The second kappa shape index (κ2) is 7.66. The summed E-state index contributed by atoms with van der Waals surface area (Å²) in [7, 11) is 2.14.